The molecule has 0 radical (unpaired) electrons. The first kappa shape index (κ1) is 8.92. The lowest BCUT2D eigenvalue weighted by molar-refractivity contribution is 1.07. The van der Waals surface area contributed by atoms with Crippen molar-refractivity contribution in [1.82, 2.24) is 9.97 Å². The van der Waals surface area contributed by atoms with Gasteiger partial charge < -0.3 is 0 Å². The zero-order valence-electron chi connectivity index (χ0n) is 8.18. The number of nitrogens with zero attached hydrogens (tertiary/aromatic N) is 2. The van der Waals surface area contributed by atoms with E-state index in [0.717, 1.165) is 22.9 Å². The first-order valence-corrected chi connectivity index (χ1v) is 6.07. The van der Waals surface area contributed by atoms with Crippen LogP contribution in [0.5, 0.6) is 0 Å². The summed E-state index contributed by atoms with van der Waals surface area (Å²) in [5.41, 5.74) is 3.59. The van der Waals surface area contributed by atoms with Crippen LogP contribution >= 0.6 is 11.8 Å². The largest absolute Gasteiger partial charge is 0.236 e. The number of hydrogen-bond acceptors (Lipinski definition) is 3. The van der Waals surface area contributed by atoms with Crippen molar-refractivity contribution in [2.75, 3.05) is 0 Å². The van der Waals surface area contributed by atoms with Gasteiger partial charge in [-0.1, -0.05) is 30.3 Å². The summed E-state index contributed by atoms with van der Waals surface area (Å²) in [7, 11) is 0. The molecule has 2 nitrogen and oxygen atoms in total. The van der Waals surface area contributed by atoms with E-state index in [4.69, 9.17) is 0 Å². The molecule has 0 spiro atoms. The summed E-state index contributed by atoms with van der Waals surface area (Å²) in [4.78, 5) is 8.99. The summed E-state index contributed by atoms with van der Waals surface area (Å²) < 4.78 is 0. The Labute approximate surface area is 92.8 Å². The second kappa shape index (κ2) is 3.66. The first-order valence-electron chi connectivity index (χ1n) is 4.91. The monoisotopic (exact) mass is 214 g/mol. The SMILES string of the molecule is c1ccc(-c2ncc3c(n2)CSC3)cc1. The Balaban J connectivity index is 2.07. The molecule has 0 bridgehead atoms. The molecule has 1 aromatic heterocycles. The third-order valence-corrected chi connectivity index (χ3v) is 3.48. The third kappa shape index (κ3) is 1.63. The summed E-state index contributed by atoms with van der Waals surface area (Å²) in [6.45, 7) is 0. The van der Waals surface area contributed by atoms with Gasteiger partial charge >= 0.3 is 0 Å². The van der Waals surface area contributed by atoms with Crippen molar-refractivity contribution in [3.63, 3.8) is 0 Å². The molecule has 2 aromatic rings. The van der Waals surface area contributed by atoms with Crippen LogP contribution in [0.4, 0.5) is 0 Å². The van der Waals surface area contributed by atoms with Crippen LogP contribution in [-0.4, -0.2) is 9.97 Å². The highest BCUT2D eigenvalue weighted by Gasteiger charge is 2.14. The molecule has 0 amide bonds. The number of aromatic nitrogens is 2. The van der Waals surface area contributed by atoms with Gasteiger partial charge in [-0.05, 0) is 0 Å². The Hall–Kier alpha value is -1.35. The second-order valence-electron chi connectivity index (χ2n) is 3.52. The summed E-state index contributed by atoms with van der Waals surface area (Å²) in [5, 5.41) is 0. The van der Waals surface area contributed by atoms with Crippen LogP contribution in [0.15, 0.2) is 36.5 Å². The minimum Gasteiger partial charge on any atom is -0.236 e. The summed E-state index contributed by atoms with van der Waals surface area (Å²) in [6.07, 6.45) is 1.96. The Kier molecular flexibility index (Phi) is 2.18. The zero-order chi connectivity index (χ0) is 10.1. The van der Waals surface area contributed by atoms with Crippen molar-refractivity contribution < 1.29 is 0 Å². The molecule has 1 aliphatic rings. The highest BCUT2D eigenvalue weighted by atomic mass is 32.2. The molecule has 3 rings (SSSR count). The summed E-state index contributed by atoms with van der Waals surface area (Å²) >= 11 is 1.90. The van der Waals surface area contributed by atoms with Crippen LogP contribution < -0.4 is 0 Å². The van der Waals surface area contributed by atoms with E-state index in [2.05, 4.69) is 9.97 Å². The van der Waals surface area contributed by atoms with Gasteiger partial charge in [-0.2, -0.15) is 11.8 Å². The standard InChI is InChI=1S/C12H10N2S/c1-2-4-9(5-3-1)12-13-6-10-7-15-8-11(10)14-12/h1-6H,7-8H2. The molecule has 0 N–H and O–H groups in total. The third-order valence-electron chi connectivity index (χ3n) is 2.48. The van der Waals surface area contributed by atoms with Gasteiger partial charge in [0.2, 0.25) is 0 Å². The smallest absolute Gasteiger partial charge is 0.159 e. The van der Waals surface area contributed by atoms with Crippen LogP contribution in [0.1, 0.15) is 11.3 Å². The van der Waals surface area contributed by atoms with Gasteiger partial charge in [-0.25, -0.2) is 9.97 Å². The van der Waals surface area contributed by atoms with Crippen molar-refractivity contribution in [2.24, 2.45) is 0 Å². The van der Waals surface area contributed by atoms with E-state index in [-0.39, 0.29) is 0 Å². The first-order chi connectivity index (χ1) is 7.43. The molecular weight excluding hydrogens is 204 g/mol. The van der Waals surface area contributed by atoms with Crippen molar-refractivity contribution >= 4 is 11.8 Å². The van der Waals surface area contributed by atoms with Crippen molar-refractivity contribution in [1.29, 1.82) is 0 Å². The van der Waals surface area contributed by atoms with E-state index in [1.807, 2.05) is 48.3 Å². The van der Waals surface area contributed by atoms with Crippen LogP contribution in [-0.2, 0) is 11.5 Å². The van der Waals surface area contributed by atoms with Crippen LogP contribution in [0.2, 0.25) is 0 Å². The lowest BCUT2D eigenvalue weighted by Crippen LogP contribution is -1.94. The highest BCUT2D eigenvalue weighted by molar-refractivity contribution is 7.98. The lowest BCUT2D eigenvalue weighted by atomic mass is 10.2. The fourth-order valence-corrected chi connectivity index (χ4v) is 2.68. The fraction of sp³-hybridized carbons (Fsp3) is 0.167. The number of benzene rings is 1. The number of fused-ring (bicyclic) bond motifs is 1. The van der Waals surface area contributed by atoms with Crippen molar-refractivity contribution in [3.05, 3.63) is 47.8 Å². The minimum atomic E-state index is 0.844. The Morgan fingerprint density at radius 1 is 1.07 bits per heavy atom. The molecule has 0 atom stereocenters. The number of rotatable bonds is 1. The maximum absolute atomic E-state index is 4.59. The van der Waals surface area contributed by atoms with Crippen molar-refractivity contribution in [2.45, 2.75) is 11.5 Å². The summed E-state index contributed by atoms with van der Waals surface area (Å²) in [5.74, 6) is 2.93. The topological polar surface area (TPSA) is 25.8 Å². The molecule has 2 heterocycles. The average Bonchev–Trinajstić information content (AvgIpc) is 2.77. The predicted molar refractivity (Wildman–Crippen MR) is 62.5 cm³/mol. The van der Waals surface area contributed by atoms with Crippen LogP contribution in [0.3, 0.4) is 0 Å². The molecule has 0 aliphatic carbocycles. The molecule has 0 fully saturated rings. The minimum absolute atomic E-state index is 0.844. The van der Waals surface area contributed by atoms with Gasteiger partial charge in [0.1, 0.15) is 0 Å². The quantitative estimate of drug-likeness (QED) is 0.730. The van der Waals surface area contributed by atoms with E-state index in [0.29, 0.717) is 0 Å². The van der Waals surface area contributed by atoms with Gasteiger partial charge in [-0.15, -0.1) is 0 Å². The van der Waals surface area contributed by atoms with Gasteiger partial charge in [0, 0.05) is 28.8 Å². The molecule has 0 unspecified atom stereocenters. The highest BCUT2D eigenvalue weighted by Crippen LogP contribution is 2.28. The molecule has 0 saturated carbocycles. The van der Waals surface area contributed by atoms with E-state index in [9.17, 15) is 0 Å². The predicted octanol–water partition coefficient (Wildman–Crippen LogP) is 2.89. The van der Waals surface area contributed by atoms with Gasteiger partial charge in [0.15, 0.2) is 5.82 Å². The van der Waals surface area contributed by atoms with E-state index < -0.39 is 0 Å². The van der Waals surface area contributed by atoms with Gasteiger partial charge in [0.05, 0.1) is 5.69 Å². The maximum Gasteiger partial charge on any atom is 0.159 e. The normalized spacial score (nSPS) is 13.9. The maximum atomic E-state index is 4.59. The van der Waals surface area contributed by atoms with E-state index in [1.165, 1.54) is 11.3 Å². The second-order valence-corrected chi connectivity index (χ2v) is 4.51. The molecular formula is C12H10N2S. The Bertz CT molecular complexity index is 482. The zero-order valence-corrected chi connectivity index (χ0v) is 9.00. The summed E-state index contributed by atoms with van der Waals surface area (Å²) in [6, 6.07) is 10.1. The molecule has 15 heavy (non-hydrogen) atoms. The fourth-order valence-electron chi connectivity index (χ4n) is 1.67. The lowest BCUT2D eigenvalue weighted by Gasteiger charge is -2.01. The number of thioether (sulfide) groups is 1. The molecule has 3 heteroatoms. The molecule has 1 aromatic carbocycles. The van der Waals surface area contributed by atoms with E-state index in [1.54, 1.807) is 0 Å². The molecule has 1 aliphatic heterocycles. The average molecular weight is 214 g/mol. The number of hydrogen-bond donors (Lipinski definition) is 0. The molecule has 74 valence electrons. The Morgan fingerprint density at radius 3 is 2.80 bits per heavy atom. The Morgan fingerprint density at radius 2 is 1.93 bits per heavy atom. The van der Waals surface area contributed by atoms with E-state index >= 15 is 0 Å². The molecule has 0 saturated heterocycles. The van der Waals surface area contributed by atoms with Gasteiger partial charge in [-0.3, -0.25) is 0 Å². The van der Waals surface area contributed by atoms with Crippen LogP contribution in [0.25, 0.3) is 11.4 Å². The van der Waals surface area contributed by atoms with Crippen LogP contribution in [0, 0.1) is 0 Å². The van der Waals surface area contributed by atoms with Crippen molar-refractivity contribution in [3.8, 4) is 11.4 Å². The van der Waals surface area contributed by atoms with Gasteiger partial charge in [0.25, 0.3) is 0 Å².